The average molecular weight is 314 g/mol. The topological polar surface area (TPSA) is 45.2 Å². The van der Waals surface area contributed by atoms with Crippen LogP contribution >= 0.6 is 15.9 Å². The van der Waals surface area contributed by atoms with E-state index in [-0.39, 0.29) is 11.3 Å². The Labute approximate surface area is 117 Å². The van der Waals surface area contributed by atoms with E-state index in [0.717, 1.165) is 11.0 Å². The van der Waals surface area contributed by atoms with Gasteiger partial charge in [-0.3, -0.25) is 9.78 Å². The van der Waals surface area contributed by atoms with E-state index >= 15 is 0 Å². The Morgan fingerprint density at radius 3 is 2.67 bits per heavy atom. The van der Waals surface area contributed by atoms with Crippen molar-refractivity contribution in [1.82, 2.24) is 15.2 Å². The minimum Gasteiger partial charge on any atom is -0.351 e. The van der Waals surface area contributed by atoms with E-state index in [1.54, 1.807) is 18.5 Å². The van der Waals surface area contributed by atoms with Crippen LogP contribution in [0.25, 0.3) is 0 Å². The Hall–Kier alpha value is -0.940. The minimum atomic E-state index is -0.0874. The van der Waals surface area contributed by atoms with Crippen molar-refractivity contribution in [3.05, 3.63) is 28.5 Å². The molecular weight excluding hydrogens is 294 g/mol. The molecule has 0 fully saturated rings. The second-order valence-electron chi connectivity index (χ2n) is 5.48. The van der Waals surface area contributed by atoms with E-state index in [1.807, 2.05) is 14.1 Å². The molecule has 1 aromatic rings. The summed E-state index contributed by atoms with van der Waals surface area (Å²) in [6, 6.07) is 1.77. The van der Waals surface area contributed by atoms with Gasteiger partial charge < -0.3 is 10.2 Å². The van der Waals surface area contributed by atoms with Gasteiger partial charge in [0.25, 0.3) is 5.91 Å². The molecule has 0 aromatic carbocycles. The second-order valence-corrected chi connectivity index (χ2v) is 6.39. The fourth-order valence-electron chi connectivity index (χ4n) is 1.87. The van der Waals surface area contributed by atoms with E-state index < -0.39 is 0 Å². The van der Waals surface area contributed by atoms with Crippen molar-refractivity contribution in [1.29, 1.82) is 0 Å². The van der Waals surface area contributed by atoms with Crippen LogP contribution in [0.5, 0.6) is 0 Å². The van der Waals surface area contributed by atoms with Crippen molar-refractivity contribution >= 4 is 21.8 Å². The first-order valence-corrected chi connectivity index (χ1v) is 6.63. The first kappa shape index (κ1) is 15.1. The highest BCUT2D eigenvalue weighted by Gasteiger charge is 2.20. The number of hydrogen-bond donors (Lipinski definition) is 1. The van der Waals surface area contributed by atoms with Crippen molar-refractivity contribution in [2.24, 2.45) is 5.41 Å². The first-order chi connectivity index (χ1) is 8.30. The minimum absolute atomic E-state index is 0.0403. The highest BCUT2D eigenvalue weighted by Crippen LogP contribution is 2.15. The summed E-state index contributed by atoms with van der Waals surface area (Å²) in [7, 11) is 4.06. The van der Waals surface area contributed by atoms with Gasteiger partial charge in [-0.1, -0.05) is 13.8 Å². The van der Waals surface area contributed by atoms with Gasteiger partial charge in [-0.25, -0.2) is 0 Å². The number of nitrogens with zero attached hydrogens (tertiary/aromatic N) is 2. The largest absolute Gasteiger partial charge is 0.351 e. The maximum atomic E-state index is 11.9. The summed E-state index contributed by atoms with van der Waals surface area (Å²) in [5.41, 5.74) is 0.614. The summed E-state index contributed by atoms with van der Waals surface area (Å²) < 4.78 is 0.808. The van der Waals surface area contributed by atoms with Crippen LogP contribution in [0.4, 0.5) is 0 Å². The molecule has 0 saturated carbocycles. The van der Waals surface area contributed by atoms with E-state index in [1.165, 1.54) is 0 Å². The molecule has 1 aromatic heterocycles. The number of rotatable bonds is 5. The van der Waals surface area contributed by atoms with Crippen LogP contribution in [0.15, 0.2) is 22.9 Å². The Morgan fingerprint density at radius 1 is 1.44 bits per heavy atom. The molecule has 100 valence electrons. The summed E-state index contributed by atoms with van der Waals surface area (Å²) in [6.07, 6.45) is 3.23. The molecule has 0 unspecified atom stereocenters. The first-order valence-electron chi connectivity index (χ1n) is 5.84. The number of nitrogens with one attached hydrogen (secondary N) is 1. The Bertz CT molecular complexity index is 418. The lowest BCUT2D eigenvalue weighted by molar-refractivity contribution is 0.0929. The fraction of sp³-hybridized carbons (Fsp3) is 0.538. The van der Waals surface area contributed by atoms with Crippen molar-refractivity contribution in [3.63, 3.8) is 0 Å². The smallest absolute Gasteiger partial charge is 0.252 e. The van der Waals surface area contributed by atoms with Crippen LogP contribution in [0.3, 0.4) is 0 Å². The van der Waals surface area contributed by atoms with Gasteiger partial charge in [-0.15, -0.1) is 0 Å². The monoisotopic (exact) mass is 313 g/mol. The molecule has 0 radical (unpaired) electrons. The summed E-state index contributed by atoms with van der Waals surface area (Å²) >= 11 is 3.30. The molecule has 1 heterocycles. The van der Waals surface area contributed by atoms with Crippen LogP contribution < -0.4 is 5.32 Å². The Balaban J connectivity index is 2.56. The lowest BCUT2D eigenvalue weighted by Gasteiger charge is -2.28. The molecule has 18 heavy (non-hydrogen) atoms. The molecule has 1 amide bonds. The fourth-order valence-corrected chi connectivity index (χ4v) is 2.23. The number of aromatic nitrogens is 1. The van der Waals surface area contributed by atoms with Gasteiger partial charge >= 0.3 is 0 Å². The highest BCUT2D eigenvalue weighted by molar-refractivity contribution is 9.10. The van der Waals surface area contributed by atoms with Gasteiger partial charge in [-0.2, -0.15) is 0 Å². The zero-order valence-electron chi connectivity index (χ0n) is 11.3. The molecular formula is C13H20BrN3O. The molecule has 0 aliphatic heterocycles. The van der Waals surface area contributed by atoms with Crippen molar-refractivity contribution in [2.45, 2.75) is 13.8 Å². The average Bonchev–Trinajstić information content (AvgIpc) is 2.24. The van der Waals surface area contributed by atoms with E-state index in [0.29, 0.717) is 12.1 Å². The van der Waals surface area contributed by atoms with Crippen LogP contribution in [0, 0.1) is 5.41 Å². The van der Waals surface area contributed by atoms with Gasteiger partial charge in [-0.05, 0) is 41.5 Å². The van der Waals surface area contributed by atoms with Gasteiger partial charge in [0, 0.05) is 30.0 Å². The number of amides is 1. The van der Waals surface area contributed by atoms with Crippen molar-refractivity contribution in [2.75, 3.05) is 27.2 Å². The van der Waals surface area contributed by atoms with Crippen LogP contribution in [0.1, 0.15) is 24.2 Å². The Morgan fingerprint density at radius 2 is 2.11 bits per heavy atom. The van der Waals surface area contributed by atoms with Crippen molar-refractivity contribution in [3.8, 4) is 0 Å². The van der Waals surface area contributed by atoms with Gasteiger partial charge in [0.1, 0.15) is 0 Å². The lowest BCUT2D eigenvalue weighted by Crippen LogP contribution is -2.40. The molecule has 0 saturated heterocycles. The van der Waals surface area contributed by atoms with E-state index in [4.69, 9.17) is 0 Å². The SMILES string of the molecule is CN(C)CC(C)(C)CNC(=O)c1cncc(Br)c1. The van der Waals surface area contributed by atoms with Crippen LogP contribution in [-0.4, -0.2) is 43.0 Å². The summed E-state index contributed by atoms with van der Waals surface area (Å²) in [5.74, 6) is -0.0874. The molecule has 4 nitrogen and oxygen atoms in total. The second kappa shape index (κ2) is 6.29. The molecule has 1 rings (SSSR count). The number of carbonyl (C=O) groups is 1. The molecule has 0 spiro atoms. The molecule has 0 bridgehead atoms. The summed E-state index contributed by atoms with van der Waals surface area (Å²) in [4.78, 5) is 18.0. The quantitative estimate of drug-likeness (QED) is 0.906. The standard InChI is InChI=1S/C13H20BrN3O/c1-13(2,9-17(3)4)8-16-12(18)10-5-11(14)7-15-6-10/h5-7H,8-9H2,1-4H3,(H,16,18). The van der Waals surface area contributed by atoms with Crippen LogP contribution in [0.2, 0.25) is 0 Å². The number of halogens is 1. The molecule has 0 aliphatic carbocycles. The third-order valence-electron chi connectivity index (χ3n) is 2.44. The van der Waals surface area contributed by atoms with Crippen LogP contribution in [-0.2, 0) is 0 Å². The van der Waals surface area contributed by atoms with Crippen molar-refractivity contribution < 1.29 is 4.79 Å². The molecule has 0 aliphatic rings. The molecule has 0 atom stereocenters. The predicted octanol–water partition coefficient (Wildman–Crippen LogP) is 2.16. The lowest BCUT2D eigenvalue weighted by atomic mass is 9.93. The third kappa shape index (κ3) is 5.14. The normalized spacial score (nSPS) is 11.7. The number of pyridine rings is 1. The number of carbonyl (C=O) groups excluding carboxylic acids is 1. The van der Waals surface area contributed by atoms with Gasteiger partial charge in [0.2, 0.25) is 0 Å². The van der Waals surface area contributed by atoms with Gasteiger partial charge in [0.15, 0.2) is 0 Å². The summed E-state index contributed by atoms with van der Waals surface area (Å²) in [5, 5.41) is 2.95. The maximum absolute atomic E-state index is 11.9. The van der Waals surface area contributed by atoms with E-state index in [9.17, 15) is 4.79 Å². The Kier molecular flexibility index (Phi) is 5.28. The molecule has 5 heteroatoms. The number of hydrogen-bond acceptors (Lipinski definition) is 3. The third-order valence-corrected chi connectivity index (χ3v) is 2.87. The van der Waals surface area contributed by atoms with E-state index in [2.05, 4.69) is 45.0 Å². The summed E-state index contributed by atoms with van der Waals surface area (Å²) in [6.45, 7) is 5.82. The highest BCUT2D eigenvalue weighted by atomic mass is 79.9. The predicted molar refractivity (Wildman–Crippen MR) is 76.6 cm³/mol. The maximum Gasteiger partial charge on any atom is 0.252 e. The molecule has 1 N–H and O–H groups in total. The van der Waals surface area contributed by atoms with Gasteiger partial charge in [0.05, 0.1) is 5.56 Å². The zero-order valence-corrected chi connectivity index (χ0v) is 12.9. The zero-order chi connectivity index (χ0) is 13.8.